The average Bonchev–Trinajstić information content (AvgIpc) is 3.30. The molecule has 0 aliphatic heterocycles. The van der Waals surface area contributed by atoms with E-state index in [1.807, 2.05) is 66.9 Å². The number of benzene rings is 2. The van der Waals surface area contributed by atoms with Gasteiger partial charge in [-0.15, -0.1) is 11.3 Å². The Morgan fingerprint density at radius 1 is 0.958 bits per heavy atom. The number of carbonyl (C=O) groups is 1. The maximum Gasteiger partial charge on any atom is 0.185 e. The number of carbonyl (C=O) groups excluding carboxylic acids is 1. The fourth-order valence-electron chi connectivity index (χ4n) is 2.74. The minimum absolute atomic E-state index is 0.0120. The van der Waals surface area contributed by atoms with Crippen LogP contribution in [0.15, 0.2) is 78.3 Å². The Morgan fingerprint density at radius 3 is 2.58 bits per heavy atom. The number of thiophene rings is 1. The third-order valence-corrected chi connectivity index (χ3v) is 4.93. The van der Waals surface area contributed by atoms with Crippen molar-refractivity contribution >= 4 is 34.1 Å². The summed E-state index contributed by atoms with van der Waals surface area (Å²) >= 11 is 1.70. The smallest absolute Gasteiger partial charge is 0.185 e. The molecule has 0 saturated carbocycles. The highest BCUT2D eigenvalue weighted by Gasteiger charge is 2.05. The van der Waals surface area contributed by atoms with E-state index in [2.05, 4.69) is 16.4 Å². The quantitative estimate of drug-likeness (QED) is 0.373. The summed E-state index contributed by atoms with van der Waals surface area (Å²) in [7, 11) is 0. The fourth-order valence-corrected chi connectivity index (χ4v) is 3.47. The van der Waals surface area contributed by atoms with Crippen molar-refractivity contribution in [2.24, 2.45) is 0 Å². The highest BCUT2D eigenvalue weighted by Crippen LogP contribution is 2.25. The Balaban J connectivity index is 1.55. The lowest BCUT2D eigenvalue weighted by Crippen LogP contribution is -1.93. The summed E-state index contributed by atoms with van der Waals surface area (Å²) in [6.07, 6.45) is 5.43. The van der Waals surface area contributed by atoms with E-state index >= 15 is 0 Å². The number of allylic oxidation sites excluding steroid dienone is 1. The Morgan fingerprint density at radius 2 is 1.79 bits per heavy atom. The normalized spacial score (nSPS) is 11.3. The molecule has 2 heterocycles. The summed E-state index contributed by atoms with van der Waals surface area (Å²) in [5, 5.41) is 3.17. The molecular weight excluding hydrogens is 314 g/mol. The average molecular weight is 329 g/mol. The van der Waals surface area contributed by atoms with Crippen molar-refractivity contribution in [2.45, 2.75) is 0 Å². The predicted molar refractivity (Wildman–Crippen MR) is 101 cm³/mol. The third kappa shape index (κ3) is 2.82. The van der Waals surface area contributed by atoms with Gasteiger partial charge in [-0.2, -0.15) is 0 Å². The molecule has 0 radical (unpaired) electrons. The van der Waals surface area contributed by atoms with E-state index in [0.29, 0.717) is 5.56 Å². The fraction of sp³-hybridized carbons (Fsp3) is 0. The molecule has 0 unspecified atom stereocenters. The molecule has 1 N–H and O–H groups in total. The van der Waals surface area contributed by atoms with Crippen LogP contribution in [0.1, 0.15) is 15.9 Å². The van der Waals surface area contributed by atoms with Crippen molar-refractivity contribution in [3.8, 4) is 10.4 Å². The lowest BCUT2D eigenvalue weighted by molar-refractivity contribution is 0.104. The van der Waals surface area contributed by atoms with Gasteiger partial charge in [-0.1, -0.05) is 48.5 Å². The van der Waals surface area contributed by atoms with E-state index in [4.69, 9.17) is 0 Å². The molecule has 2 nitrogen and oxygen atoms in total. The first-order valence-corrected chi connectivity index (χ1v) is 8.62. The molecule has 2 aromatic carbocycles. The van der Waals surface area contributed by atoms with Gasteiger partial charge in [-0.05, 0) is 40.8 Å². The van der Waals surface area contributed by atoms with Gasteiger partial charge in [0.1, 0.15) is 0 Å². The molecule has 3 heteroatoms. The molecule has 116 valence electrons. The lowest BCUT2D eigenvalue weighted by Gasteiger charge is -1.99. The summed E-state index contributed by atoms with van der Waals surface area (Å²) < 4.78 is 0. The molecule has 2 aromatic heterocycles. The van der Waals surface area contributed by atoms with Gasteiger partial charge in [0.2, 0.25) is 0 Å². The number of hydrogen-bond donors (Lipinski definition) is 1. The van der Waals surface area contributed by atoms with Crippen LogP contribution in [0.3, 0.4) is 0 Å². The van der Waals surface area contributed by atoms with E-state index in [1.165, 1.54) is 4.88 Å². The van der Waals surface area contributed by atoms with E-state index < -0.39 is 0 Å². The number of hydrogen-bond acceptors (Lipinski definition) is 2. The number of rotatable bonds is 4. The Labute approximate surface area is 144 Å². The summed E-state index contributed by atoms with van der Waals surface area (Å²) in [6, 6.07) is 19.9. The van der Waals surface area contributed by atoms with Crippen LogP contribution in [0.2, 0.25) is 0 Å². The molecule has 4 aromatic rings. The third-order valence-electron chi connectivity index (χ3n) is 4.01. The Hall–Kier alpha value is -2.91. The topological polar surface area (TPSA) is 32.9 Å². The van der Waals surface area contributed by atoms with Gasteiger partial charge in [-0.25, -0.2) is 0 Å². The van der Waals surface area contributed by atoms with Gasteiger partial charge in [0.25, 0.3) is 0 Å². The van der Waals surface area contributed by atoms with Gasteiger partial charge in [0.05, 0.1) is 0 Å². The predicted octanol–water partition coefficient (Wildman–Crippen LogP) is 5.79. The van der Waals surface area contributed by atoms with Crippen LogP contribution in [-0.4, -0.2) is 10.8 Å². The Bertz CT molecular complexity index is 1010. The maximum atomic E-state index is 12.4. The first kappa shape index (κ1) is 14.7. The first-order valence-electron chi connectivity index (χ1n) is 7.74. The minimum atomic E-state index is 0.0120. The maximum absolute atomic E-state index is 12.4. The monoisotopic (exact) mass is 329 g/mol. The molecular formula is C21H15NOS. The summed E-state index contributed by atoms with van der Waals surface area (Å²) in [4.78, 5) is 16.8. The second-order valence-electron chi connectivity index (χ2n) is 5.54. The van der Waals surface area contributed by atoms with Crippen LogP contribution in [0.25, 0.3) is 27.4 Å². The molecule has 4 rings (SSSR count). The minimum Gasteiger partial charge on any atom is -0.361 e. The molecule has 0 aliphatic rings. The zero-order chi connectivity index (χ0) is 16.4. The molecule has 0 aliphatic carbocycles. The highest BCUT2D eigenvalue weighted by atomic mass is 32.1. The number of ketones is 1. The van der Waals surface area contributed by atoms with Crippen LogP contribution < -0.4 is 0 Å². The van der Waals surface area contributed by atoms with Crippen LogP contribution in [-0.2, 0) is 0 Å². The van der Waals surface area contributed by atoms with Crippen molar-refractivity contribution in [3.63, 3.8) is 0 Å². The van der Waals surface area contributed by atoms with E-state index in [0.717, 1.165) is 22.0 Å². The summed E-state index contributed by atoms with van der Waals surface area (Å²) in [5.41, 5.74) is 3.94. The molecule has 0 fully saturated rings. The van der Waals surface area contributed by atoms with Gasteiger partial charge < -0.3 is 4.98 Å². The zero-order valence-corrected chi connectivity index (χ0v) is 13.7. The van der Waals surface area contributed by atoms with E-state index in [9.17, 15) is 4.79 Å². The molecule has 0 saturated heterocycles. The molecule has 0 amide bonds. The van der Waals surface area contributed by atoms with Crippen LogP contribution in [0, 0.1) is 0 Å². The van der Waals surface area contributed by atoms with Gasteiger partial charge >= 0.3 is 0 Å². The van der Waals surface area contributed by atoms with Crippen molar-refractivity contribution in [2.75, 3.05) is 0 Å². The number of H-pyrrole nitrogens is 1. The lowest BCUT2D eigenvalue weighted by atomic mass is 10.1. The molecule has 0 spiro atoms. The second-order valence-corrected chi connectivity index (χ2v) is 6.49. The van der Waals surface area contributed by atoms with E-state index in [-0.39, 0.29) is 5.78 Å². The SMILES string of the molecule is O=C(/C=C/c1c[nH]c2ccccc12)c1ccc(-c2cccs2)cc1. The number of fused-ring (bicyclic) bond motifs is 1. The van der Waals surface area contributed by atoms with Crippen molar-refractivity contribution in [1.29, 1.82) is 0 Å². The summed E-state index contributed by atoms with van der Waals surface area (Å²) in [5.74, 6) is 0.0120. The van der Waals surface area contributed by atoms with Crippen molar-refractivity contribution in [3.05, 3.63) is 89.4 Å². The van der Waals surface area contributed by atoms with Crippen LogP contribution >= 0.6 is 11.3 Å². The number of aromatic amines is 1. The molecule has 0 bridgehead atoms. The zero-order valence-electron chi connectivity index (χ0n) is 12.9. The number of nitrogens with one attached hydrogen (secondary N) is 1. The molecule has 0 atom stereocenters. The van der Waals surface area contributed by atoms with Crippen molar-refractivity contribution in [1.82, 2.24) is 4.98 Å². The molecule has 24 heavy (non-hydrogen) atoms. The van der Waals surface area contributed by atoms with Gasteiger partial charge in [0, 0.05) is 27.5 Å². The first-order chi connectivity index (χ1) is 11.8. The second kappa shape index (κ2) is 6.30. The van der Waals surface area contributed by atoms with Crippen LogP contribution in [0.5, 0.6) is 0 Å². The standard InChI is InChI=1S/C21H15NOS/c23-20(12-11-17-14-22-19-5-2-1-4-18(17)19)15-7-9-16(10-8-15)21-6-3-13-24-21/h1-14,22H/b12-11+. The Kier molecular flexibility index (Phi) is 3.85. The van der Waals surface area contributed by atoms with Gasteiger partial charge in [-0.3, -0.25) is 4.79 Å². The summed E-state index contributed by atoms with van der Waals surface area (Å²) in [6.45, 7) is 0. The van der Waals surface area contributed by atoms with E-state index in [1.54, 1.807) is 17.4 Å². The van der Waals surface area contributed by atoms with Crippen molar-refractivity contribution < 1.29 is 4.79 Å². The number of aromatic nitrogens is 1. The number of para-hydroxylation sites is 1. The van der Waals surface area contributed by atoms with Gasteiger partial charge in [0.15, 0.2) is 5.78 Å². The highest BCUT2D eigenvalue weighted by molar-refractivity contribution is 7.13. The largest absolute Gasteiger partial charge is 0.361 e. The van der Waals surface area contributed by atoms with Crippen LogP contribution in [0.4, 0.5) is 0 Å².